The monoisotopic (exact) mass is 376 g/mol. The molecule has 2 fully saturated rings. The van der Waals surface area contributed by atoms with E-state index in [-0.39, 0.29) is 6.61 Å². The van der Waals surface area contributed by atoms with Crippen molar-refractivity contribution in [2.24, 2.45) is 0 Å². The molecular formula is C22H36N2O3. The van der Waals surface area contributed by atoms with Crippen molar-refractivity contribution in [2.75, 3.05) is 39.9 Å². The fraction of sp³-hybridized carbons (Fsp3) is 0.727. The van der Waals surface area contributed by atoms with E-state index in [4.69, 9.17) is 9.47 Å². The Hall–Kier alpha value is -1.30. The standard InChI is InChI=1S/C22H36N2O3/c1-4-23(5-2)16-19(25)17-27-20-9-8-18(14-21(20)26-3)15-24-13-7-6-10-22(24)11-12-22/h8-9,14,19,25H,4-7,10-13,15-17H2,1-3H3/t19-/m1/s1. The Labute approximate surface area is 164 Å². The number of piperidine rings is 1. The summed E-state index contributed by atoms with van der Waals surface area (Å²) in [5, 5.41) is 10.2. The summed E-state index contributed by atoms with van der Waals surface area (Å²) in [6.07, 6.45) is 6.26. The Morgan fingerprint density at radius 2 is 1.93 bits per heavy atom. The van der Waals surface area contributed by atoms with Crippen LogP contribution < -0.4 is 9.47 Å². The van der Waals surface area contributed by atoms with E-state index in [1.165, 1.54) is 44.2 Å². The highest BCUT2D eigenvalue weighted by Crippen LogP contribution is 2.49. The van der Waals surface area contributed by atoms with Crippen LogP contribution in [0.2, 0.25) is 0 Å². The lowest BCUT2D eigenvalue weighted by Gasteiger charge is -2.36. The van der Waals surface area contributed by atoms with Gasteiger partial charge in [-0.05, 0) is 63.0 Å². The zero-order valence-electron chi connectivity index (χ0n) is 17.2. The summed E-state index contributed by atoms with van der Waals surface area (Å²) in [4.78, 5) is 4.86. The van der Waals surface area contributed by atoms with Gasteiger partial charge in [-0.25, -0.2) is 0 Å². The van der Waals surface area contributed by atoms with Gasteiger partial charge in [-0.1, -0.05) is 26.3 Å². The minimum Gasteiger partial charge on any atom is -0.493 e. The molecule has 0 radical (unpaired) electrons. The fourth-order valence-electron chi connectivity index (χ4n) is 4.28. The highest BCUT2D eigenvalue weighted by Gasteiger charge is 2.48. The van der Waals surface area contributed by atoms with E-state index in [0.29, 0.717) is 17.8 Å². The normalized spacial score (nSPS) is 20.0. The van der Waals surface area contributed by atoms with Crippen molar-refractivity contribution in [3.63, 3.8) is 0 Å². The number of hydrogen-bond acceptors (Lipinski definition) is 5. The van der Waals surface area contributed by atoms with E-state index in [1.54, 1.807) is 7.11 Å². The van der Waals surface area contributed by atoms with Gasteiger partial charge in [0.2, 0.25) is 0 Å². The van der Waals surface area contributed by atoms with Crippen molar-refractivity contribution < 1.29 is 14.6 Å². The Kier molecular flexibility index (Phi) is 7.01. The Morgan fingerprint density at radius 1 is 1.15 bits per heavy atom. The van der Waals surface area contributed by atoms with Crippen LogP contribution in [0.1, 0.15) is 51.5 Å². The predicted molar refractivity (Wildman–Crippen MR) is 109 cm³/mol. The minimum atomic E-state index is -0.502. The van der Waals surface area contributed by atoms with Crippen LogP contribution in [0.3, 0.4) is 0 Å². The van der Waals surface area contributed by atoms with Crippen LogP contribution in [0.25, 0.3) is 0 Å². The van der Waals surface area contributed by atoms with Crippen molar-refractivity contribution in [3.05, 3.63) is 23.8 Å². The van der Waals surface area contributed by atoms with E-state index >= 15 is 0 Å². The highest BCUT2D eigenvalue weighted by atomic mass is 16.5. The van der Waals surface area contributed by atoms with Gasteiger partial charge in [-0.15, -0.1) is 0 Å². The number of aliphatic hydroxyl groups excluding tert-OH is 1. The Morgan fingerprint density at radius 3 is 2.59 bits per heavy atom. The summed E-state index contributed by atoms with van der Waals surface area (Å²) in [5.41, 5.74) is 1.77. The zero-order valence-corrected chi connectivity index (χ0v) is 17.2. The number of ether oxygens (including phenoxy) is 2. The lowest BCUT2D eigenvalue weighted by Crippen LogP contribution is -2.40. The van der Waals surface area contributed by atoms with E-state index < -0.39 is 6.10 Å². The first-order valence-corrected chi connectivity index (χ1v) is 10.6. The third-order valence-electron chi connectivity index (χ3n) is 6.21. The molecule has 1 aromatic carbocycles. The molecule has 0 bridgehead atoms. The van der Waals surface area contributed by atoms with E-state index in [1.807, 2.05) is 6.07 Å². The molecule has 1 aromatic rings. The first kappa shape index (κ1) is 20.4. The number of likely N-dealkylation sites (N-methyl/N-ethyl adjacent to an activating group) is 1. The summed E-state index contributed by atoms with van der Waals surface area (Å²) < 4.78 is 11.4. The SMILES string of the molecule is CCN(CC)C[C@@H](O)COc1ccc(CN2CCCCC23CC3)cc1OC. The molecule has 1 N–H and O–H groups in total. The second-order valence-corrected chi connectivity index (χ2v) is 8.04. The molecule has 5 nitrogen and oxygen atoms in total. The van der Waals surface area contributed by atoms with Crippen LogP contribution in [0.5, 0.6) is 11.5 Å². The number of likely N-dealkylation sites (tertiary alicyclic amines) is 1. The highest BCUT2D eigenvalue weighted by molar-refractivity contribution is 5.43. The van der Waals surface area contributed by atoms with E-state index in [9.17, 15) is 5.11 Å². The average Bonchev–Trinajstić information content (AvgIpc) is 3.46. The van der Waals surface area contributed by atoms with Crippen LogP contribution in [0, 0.1) is 0 Å². The first-order chi connectivity index (χ1) is 13.1. The second-order valence-electron chi connectivity index (χ2n) is 8.04. The molecule has 1 saturated carbocycles. The number of aliphatic hydroxyl groups is 1. The number of nitrogens with zero attached hydrogens (tertiary/aromatic N) is 2. The van der Waals surface area contributed by atoms with Crippen LogP contribution in [0.15, 0.2) is 18.2 Å². The molecule has 1 aliphatic heterocycles. The molecule has 1 aliphatic carbocycles. The third kappa shape index (κ3) is 5.15. The van der Waals surface area contributed by atoms with Crippen LogP contribution in [-0.2, 0) is 6.54 Å². The maximum Gasteiger partial charge on any atom is 0.161 e. The van der Waals surface area contributed by atoms with Crippen molar-refractivity contribution in [3.8, 4) is 11.5 Å². The smallest absolute Gasteiger partial charge is 0.161 e. The van der Waals surface area contributed by atoms with Gasteiger partial charge in [0, 0.05) is 18.6 Å². The lowest BCUT2D eigenvalue weighted by atomic mass is 9.99. The summed E-state index contributed by atoms with van der Waals surface area (Å²) in [7, 11) is 1.68. The van der Waals surface area contributed by atoms with Gasteiger partial charge in [-0.3, -0.25) is 4.90 Å². The fourth-order valence-corrected chi connectivity index (χ4v) is 4.28. The molecule has 2 aliphatic rings. The van der Waals surface area contributed by atoms with Crippen molar-refractivity contribution in [1.82, 2.24) is 9.80 Å². The third-order valence-corrected chi connectivity index (χ3v) is 6.21. The maximum atomic E-state index is 10.2. The van der Waals surface area contributed by atoms with Gasteiger partial charge >= 0.3 is 0 Å². The molecule has 1 atom stereocenters. The van der Waals surface area contributed by atoms with Crippen molar-refractivity contribution in [1.29, 1.82) is 0 Å². The first-order valence-electron chi connectivity index (χ1n) is 10.6. The molecule has 0 aromatic heterocycles. The largest absolute Gasteiger partial charge is 0.493 e. The van der Waals surface area contributed by atoms with E-state index in [2.05, 4.69) is 35.8 Å². The summed E-state index contributed by atoms with van der Waals surface area (Å²) >= 11 is 0. The molecule has 3 rings (SSSR count). The van der Waals surface area contributed by atoms with Gasteiger partial charge in [0.05, 0.1) is 7.11 Å². The quantitative estimate of drug-likeness (QED) is 0.679. The van der Waals surface area contributed by atoms with E-state index in [0.717, 1.165) is 25.4 Å². The topological polar surface area (TPSA) is 45.2 Å². The molecule has 1 heterocycles. The average molecular weight is 377 g/mol. The van der Waals surface area contributed by atoms with Gasteiger partial charge < -0.3 is 19.5 Å². The molecular weight excluding hydrogens is 340 g/mol. The van der Waals surface area contributed by atoms with Crippen LogP contribution in [-0.4, -0.2) is 66.4 Å². The summed E-state index contributed by atoms with van der Waals surface area (Å²) in [5.74, 6) is 1.46. The van der Waals surface area contributed by atoms with Gasteiger partial charge in [0.1, 0.15) is 12.7 Å². The number of benzene rings is 1. The molecule has 0 unspecified atom stereocenters. The Bertz CT molecular complexity index is 599. The zero-order chi connectivity index (χ0) is 19.3. The van der Waals surface area contributed by atoms with Crippen LogP contribution >= 0.6 is 0 Å². The molecule has 1 saturated heterocycles. The molecule has 0 amide bonds. The maximum absolute atomic E-state index is 10.2. The predicted octanol–water partition coefficient (Wildman–Crippen LogP) is 3.30. The molecule has 5 heteroatoms. The number of methoxy groups -OCH3 is 1. The number of rotatable bonds is 10. The van der Waals surface area contributed by atoms with Crippen molar-refractivity contribution >= 4 is 0 Å². The van der Waals surface area contributed by atoms with Crippen molar-refractivity contribution in [2.45, 2.75) is 64.1 Å². The summed E-state index contributed by atoms with van der Waals surface area (Å²) in [6, 6.07) is 6.22. The minimum absolute atomic E-state index is 0.279. The van der Waals surface area contributed by atoms with Gasteiger partial charge in [0.15, 0.2) is 11.5 Å². The second kappa shape index (κ2) is 9.26. The molecule has 27 heavy (non-hydrogen) atoms. The van der Waals surface area contributed by atoms with Gasteiger partial charge in [0.25, 0.3) is 0 Å². The molecule has 1 spiro atoms. The molecule has 152 valence electrons. The summed E-state index contributed by atoms with van der Waals surface area (Å²) in [6.45, 7) is 9.18. The van der Waals surface area contributed by atoms with Gasteiger partial charge in [-0.2, -0.15) is 0 Å². The van der Waals surface area contributed by atoms with Crippen LogP contribution in [0.4, 0.5) is 0 Å². The number of hydrogen-bond donors (Lipinski definition) is 1. The lowest BCUT2D eigenvalue weighted by molar-refractivity contribution is 0.0705. The Balaban J connectivity index is 1.57.